The molecule has 1 atom stereocenters. The third-order valence-corrected chi connectivity index (χ3v) is 5.80. The van der Waals surface area contributed by atoms with Gasteiger partial charge in [-0.1, -0.05) is 31.5 Å². The van der Waals surface area contributed by atoms with E-state index in [0.717, 1.165) is 5.56 Å². The van der Waals surface area contributed by atoms with E-state index >= 15 is 0 Å². The first-order valence-electron chi connectivity index (χ1n) is 9.00. The van der Waals surface area contributed by atoms with Crippen molar-refractivity contribution in [3.05, 3.63) is 70.6 Å². The number of nitrogens with one attached hydrogen (secondary N) is 1. The van der Waals surface area contributed by atoms with Gasteiger partial charge in [0.1, 0.15) is 17.4 Å². The second-order valence-electron chi connectivity index (χ2n) is 7.03. The molecular formula is C21H21NO6S. The summed E-state index contributed by atoms with van der Waals surface area (Å²) in [6.45, 7) is 5.27. The van der Waals surface area contributed by atoms with Gasteiger partial charge in [-0.15, -0.1) is 0 Å². The van der Waals surface area contributed by atoms with E-state index < -0.39 is 27.7 Å². The number of hydrogen-bond donors (Lipinski definition) is 1. The van der Waals surface area contributed by atoms with Crippen LogP contribution in [0.25, 0.3) is 11.0 Å². The number of ether oxygens (including phenoxy) is 1. The number of carbonyl (C=O) groups is 1. The van der Waals surface area contributed by atoms with E-state index in [1.807, 2.05) is 6.92 Å². The smallest absolute Gasteiger partial charge is 0.336 e. The van der Waals surface area contributed by atoms with E-state index in [-0.39, 0.29) is 22.1 Å². The Morgan fingerprint density at radius 3 is 2.34 bits per heavy atom. The van der Waals surface area contributed by atoms with Gasteiger partial charge >= 0.3 is 11.6 Å². The summed E-state index contributed by atoms with van der Waals surface area (Å²) in [6, 6.07) is 12.7. The molecule has 152 valence electrons. The molecule has 8 heteroatoms. The molecule has 0 bridgehead atoms. The van der Waals surface area contributed by atoms with Crippen LogP contribution in [0.2, 0.25) is 0 Å². The highest BCUT2D eigenvalue weighted by atomic mass is 32.2. The van der Waals surface area contributed by atoms with E-state index in [4.69, 9.17) is 9.15 Å². The van der Waals surface area contributed by atoms with Crippen LogP contribution in [0.1, 0.15) is 19.4 Å². The van der Waals surface area contributed by atoms with Gasteiger partial charge in [0.15, 0.2) is 0 Å². The second kappa shape index (κ2) is 8.18. The molecule has 29 heavy (non-hydrogen) atoms. The highest BCUT2D eigenvalue weighted by Crippen LogP contribution is 2.21. The van der Waals surface area contributed by atoms with E-state index in [9.17, 15) is 18.0 Å². The van der Waals surface area contributed by atoms with Crippen LogP contribution in [0.4, 0.5) is 0 Å². The van der Waals surface area contributed by atoms with Crippen molar-refractivity contribution in [2.45, 2.75) is 31.7 Å². The molecule has 7 nitrogen and oxygen atoms in total. The molecule has 1 aromatic heterocycles. The highest BCUT2D eigenvalue weighted by molar-refractivity contribution is 7.89. The maximum atomic E-state index is 12.7. The minimum absolute atomic E-state index is 0.0639. The third-order valence-electron chi connectivity index (χ3n) is 4.35. The fourth-order valence-corrected chi connectivity index (χ4v) is 4.03. The fraction of sp³-hybridized carbons (Fsp3) is 0.238. The molecule has 1 heterocycles. The van der Waals surface area contributed by atoms with Gasteiger partial charge < -0.3 is 9.15 Å². The maximum Gasteiger partial charge on any atom is 0.336 e. The Hall–Kier alpha value is -2.97. The highest BCUT2D eigenvalue weighted by Gasteiger charge is 2.30. The summed E-state index contributed by atoms with van der Waals surface area (Å²) in [5.41, 5.74) is 0.669. The molecule has 3 rings (SSSR count). The third kappa shape index (κ3) is 4.90. The van der Waals surface area contributed by atoms with Gasteiger partial charge in [-0.3, -0.25) is 0 Å². The van der Waals surface area contributed by atoms with Gasteiger partial charge in [0, 0.05) is 17.5 Å². The van der Waals surface area contributed by atoms with Crippen molar-refractivity contribution in [1.29, 1.82) is 0 Å². The minimum Gasteiger partial charge on any atom is -0.425 e. The maximum absolute atomic E-state index is 12.7. The molecule has 2 aromatic carbocycles. The standard InChI is InChI=1S/C21H21NO6S/c1-13(2)20(22-29(25,26)17-9-4-14(3)5-10-17)21(24)27-16-8-6-15-7-11-19(23)28-18(15)12-16/h4-13,20,22H,1-3H3. The van der Waals surface area contributed by atoms with E-state index in [2.05, 4.69) is 4.72 Å². The van der Waals surface area contributed by atoms with Crippen LogP contribution in [0.3, 0.4) is 0 Å². The average molecular weight is 415 g/mol. The van der Waals surface area contributed by atoms with E-state index in [1.165, 1.54) is 24.3 Å². The Morgan fingerprint density at radius 2 is 1.69 bits per heavy atom. The monoisotopic (exact) mass is 415 g/mol. The van der Waals surface area contributed by atoms with Gasteiger partial charge in [0.2, 0.25) is 10.0 Å². The molecule has 0 radical (unpaired) electrons. The Kier molecular flexibility index (Phi) is 5.86. The van der Waals surface area contributed by atoms with Gasteiger partial charge in [-0.05, 0) is 43.2 Å². The first-order chi connectivity index (χ1) is 13.7. The van der Waals surface area contributed by atoms with Crippen molar-refractivity contribution < 1.29 is 22.4 Å². The van der Waals surface area contributed by atoms with Crippen LogP contribution in [-0.4, -0.2) is 20.4 Å². The lowest BCUT2D eigenvalue weighted by Crippen LogP contribution is -2.46. The molecule has 0 aliphatic rings. The van der Waals surface area contributed by atoms with Crippen LogP contribution in [-0.2, 0) is 14.8 Å². The zero-order chi connectivity index (χ0) is 21.2. The van der Waals surface area contributed by atoms with Gasteiger partial charge in [-0.2, -0.15) is 4.72 Å². The molecule has 0 fully saturated rings. The molecule has 0 saturated carbocycles. The summed E-state index contributed by atoms with van der Waals surface area (Å²) < 4.78 is 38.2. The summed E-state index contributed by atoms with van der Waals surface area (Å²) in [4.78, 5) is 24.1. The quantitative estimate of drug-likeness (QED) is 0.377. The number of aryl methyl sites for hydroxylation is 1. The molecule has 1 unspecified atom stereocenters. The minimum atomic E-state index is -3.91. The predicted molar refractivity (Wildman–Crippen MR) is 108 cm³/mol. The van der Waals surface area contributed by atoms with Gasteiger partial charge in [0.25, 0.3) is 0 Å². The zero-order valence-corrected chi connectivity index (χ0v) is 17.0. The van der Waals surface area contributed by atoms with Gasteiger partial charge in [-0.25, -0.2) is 18.0 Å². The van der Waals surface area contributed by atoms with Crippen LogP contribution in [0.5, 0.6) is 5.75 Å². The SMILES string of the molecule is Cc1ccc(S(=O)(=O)NC(C(=O)Oc2ccc3ccc(=O)oc3c2)C(C)C)cc1. The molecule has 3 aromatic rings. The van der Waals surface area contributed by atoms with E-state index in [1.54, 1.807) is 44.2 Å². The first kappa shape index (κ1) is 20.8. The van der Waals surface area contributed by atoms with Crippen molar-refractivity contribution in [2.75, 3.05) is 0 Å². The molecule has 1 N–H and O–H groups in total. The second-order valence-corrected chi connectivity index (χ2v) is 8.75. The molecular weight excluding hydrogens is 394 g/mol. The largest absolute Gasteiger partial charge is 0.425 e. The number of carbonyl (C=O) groups excluding carboxylic acids is 1. The topological polar surface area (TPSA) is 103 Å². The van der Waals surface area contributed by atoms with Crippen LogP contribution in [0, 0.1) is 12.8 Å². The van der Waals surface area contributed by atoms with Crippen molar-refractivity contribution in [3.8, 4) is 5.75 Å². The zero-order valence-electron chi connectivity index (χ0n) is 16.2. The Labute approximate surface area is 168 Å². The number of hydrogen-bond acceptors (Lipinski definition) is 6. The summed E-state index contributed by atoms with van der Waals surface area (Å²) in [7, 11) is -3.91. The summed E-state index contributed by atoms with van der Waals surface area (Å²) in [6.07, 6.45) is 0. The Balaban J connectivity index is 1.82. The normalized spacial score (nSPS) is 12.8. The summed E-state index contributed by atoms with van der Waals surface area (Å²) in [5.74, 6) is -0.966. The lowest BCUT2D eigenvalue weighted by molar-refractivity contribution is -0.137. The first-order valence-corrected chi connectivity index (χ1v) is 10.5. The van der Waals surface area contributed by atoms with Crippen LogP contribution in [0.15, 0.2) is 68.7 Å². The number of sulfonamides is 1. The van der Waals surface area contributed by atoms with Crippen molar-refractivity contribution in [2.24, 2.45) is 5.92 Å². The van der Waals surface area contributed by atoms with Crippen molar-refractivity contribution >= 4 is 27.0 Å². The average Bonchev–Trinajstić information content (AvgIpc) is 2.66. The number of esters is 1. The Morgan fingerprint density at radius 1 is 1.03 bits per heavy atom. The molecule has 0 aliphatic heterocycles. The van der Waals surface area contributed by atoms with Gasteiger partial charge in [0.05, 0.1) is 4.90 Å². The van der Waals surface area contributed by atoms with Crippen LogP contribution < -0.4 is 15.1 Å². The number of rotatable bonds is 6. The molecule has 0 saturated heterocycles. The molecule has 0 aliphatic carbocycles. The fourth-order valence-electron chi connectivity index (χ4n) is 2.69. The Bertz CT molecular complexity index is 1200. The van der Waals surface area contributed by atoms with Crippen molar-refractivity contribution in [1.82, 2.24) is 4.72 Å². The lowest BCUT2D eigenvalue weighted by Gasteiger charge is -2.20. The van der Waals surface area contributed by atoms with Crippen LogP contribution >= 0.6 is 0 Å². The summed E-state index contributed by atoms with van der Waals surface area (Å²) >= 11 is 0. The van der Waals surface area contributed by atoms with E-state index in [0.29, 0.717) is 5.39 Å². The predicted octanol–water partition coefficient (Wildman–Crippen LogP) is 3.01. The molecule has 0 amide bonds. The van der Waals surface area contributed by atoms with Crippen molar-refractivity contribution in [3.63, 3.8) is 0 Å². The number of benzene rings is 2. The summed E-state index contributed by atoms with van der Waals surface area (Å²) in [5, 5.41) is 0.671. The number of fused-ring (bicyclic) bond motifs is 1. The lowest BCUT2D eigenvalue weighted by atomic mass is 10.1. The molecule has 0 spiro atoms.